The quantitative estimate of drug-likeness (QED) is 0.861. The van der Waals surface area contributed by atoms with Crippen LogP contribution in [0.25, 0.3) is 11.4 Å². The summed E-state index contributed by atoms with van der Waals surface area (Å²) in [6, 6.07) is 7.58. The maximum atomic E-state index is 11.7. The Morgan fingerprint density at radius 1 is 1.09 bits per heavy atom. The summed E-state index contributed by atoms with van der Waals surface area (Å²) < 4.78 is 5.03. The highest BCUT2D eigenvalue weighted by Gasteiger charge is 2.23. The van der Waals surface area contributed by atoms with Crippen LogP contribution >= 0.6 is 0 Å². The number of anilines is 1. The summed E-state index contributed by atoms with van der Waals surface area (Å²) in [6.07, 6.45) is 3.23. The molecule has 3 heterocycles. The van der Waals surface area contributed by atoms with Gasteiger partial charge >= 0.3 is 6.09 Å². The monoisotopic (exact) mass is 313 g/mol. The van der Waals surface area contributed by atoms with Gasteiger partial charge in [0.25, 0.3) is 0 Å². The average molecular weight is 313 g/mol. The first-order valence-electron chi connectivity index (χ1n) is 7.69. The molecule has 0 aromatic carbocycles. The van der Waals surface area contributed by atoms with Crippen LogP contribution in [0.3, 0.4) is 0 Å². The van der Waals surface area contributed by atoms with Crippen LogP contribution < -0.4 is 4.90 Å². The summed E-state index contributed by atoms with van der Waals surface area (Å²) in [5.74, 6) is 0.664. The molecule has 1 aliphatic rings. The van der Waals surface area contributed by atoms with Crippen molar-refractivity contribution in [3.05, 3.63) is 36.7 Å². The maximum Gasteiger partial charge on any atom is 0.409 e. The first kappa shape index (κ1) is 15.2. The second-order valence-electron chi connectivity index (χ2n) is 5.13. The SMILES string of the molecule is CCOC(=O)N1CCN(c2nccc(-c3ccccn3)n2)CC1. The molecule has 7 nitrogen and oxygen atoms in total. The predicted octanol–water partition coefficient (Wildman–Crippen LogP) is 1.82. The van der Waals surface area contributed by atoms with Crippen molar-refractivity contribution in [3.8, 4) is 11.4 Å². The molecular formula is C16H19N5O2. The van der Waals surface area contributed by atoms with E-state index in [2.05, 4.69) is 19.9 Å². The van der Waals surface area contributed by atoms with Crippen molar-refractivity contribution in [3.63, 3.8) is 0 Å². The molecule has 0 unspecified atom stereocenters. The zero-order chi connectivity index (χ0) is 16.1. The van der Waals surface area contributed by atoms with Gasteiger partial charge in [-0.3, -0.25) is 4.98 Å². The normalized spacial score (nSPS) is 14.7. The van der Waals surface area contributed by atoms with E-state index in [1.807, 2.05) is 31.2 Å². The van der Waals surface area contributed by atoms with Gasteiger partial charge in [0.1, 0.15) is 0 Å². The Morgan fingerprint density at radius 3 is 2.61 bits per heavy atom. The molecule has 23 heavy (non-hydrogen) atoms. The first-order chi connectivity index (χ1) is 11.3. The molecule has 1 fully saturated rings. The van der Waals surface area contributed by atoms with Gasteiger partial charge < -0.3 is 14.5 Å². The highest BCUT2D eigenvalue weighted by molar-refractivity contribution is 5.68. The van der Waals surface area contributed by atoms with Crippen molar-refractivity contribution in [2.75, 3.05) is 37.7 Å². The van der Waals surface area contributed by atoms with Gasteiger partial charge in [0.05, 0.1) is 18.0 Å². The first-order valence-corrected chi connectivity index (χ1v) is 7.69. The molecule has 2 aromatic heterocycles. The van der Waals surface area contributed by atoms with E-state index in [1.54, 1.807) is 17.3 Å². The van der Waals surface area contributed by atoms with Gasteiger partial charge in [0.2, 0.25) is 5.95 Å². The standard InChI is InChI=1S/C16H19N5O2/c1-2-23-16(22)21-11-9-20(10-12-21)15-18-8-6-14(19-15)13-5-3-4-7-17-13/h3-8H,2,9-12H2,1H3. The number of hydrogen-bond acceptors (Lipinski definition) is 6. The molecule has 0 N–H and O–H groups in total. The molecule has 1 saturated heterocycles. The number of hydrogen-bond donors (Lipinski definition) is 0. The smallest absolute Gasteiger partial charge is 0.409 e. The molecule has 120 valence electrons. The van der Waals surface area contributed by atoms with Crippen LogP contribution in [-0.2, 0) is 4.74 Å². The summed E-state index contributed by atoms with van der Waals surface area (Å²) in [4.78, 5) is 28.8. The molecule has 7 heteroatoms. The Kier molecular flexibility index (Phi) is 4.65. The Bertz CT molecular complexity index is 657. The van der Waals surface area contributed by atoms with E-state index in [1.165, 1.54) is 0 Å². The third kappa shape index (κ3) is 3.56. The van der Waals surface area contributed by atoms with E-state index in [0.29, 0.717) is 38.7 Å². The number of aromatic nitrogens is 3. The van der Waals surface area contributed by atoms with E-state index in [-0.39, 0.29) is 6.09 Å². The number of rotatable bonds is 3. The van der Waals surface area contributed by atoms with Crippen molar-refractivity contribution >= 4 is 12.0 Å². The second-order valence-corrected chi connectivity index (χ2v) is 5.13. The highest BCUT2D eigenvalue weighted by Crippen LogP contribution is 2.17. The molecule has 0 atom stereocenters. The van der Waals surface area contributed by atoms with Crippen molar-refractivity contribution in [2.24, 2.45) is 0 Å². The zero-order valence-corrected chi connectivity index (χ0v) is 13.1. The van der Waals surface area contributed by atoms with E-state index in [4.69, 9.17) is 4.74 Å². The Hall–Kier alpha value is -2.70. The van der Waals surface area contributed by atoms with E-state index >= 15 is 0 Å². The summed E-state index contributed by atoms with van der Waals surface area (Å²) in [5, 5.41) is 0. The fourth-order valence-electron chi connectivity index (χ4n) is 2.46. The number of carbonyl (C=O) groups excluding carboxylic acids is 1. The van der Waals surface area contributed by atoms with E-state index in [0.717, 1.165) is 11.4 Å². The molecule has 1 amide bonds. The fourth-order valence-corrected chi connectivity index (χ4v) is 2.46. The molecule has 0 saturated carbocycles. The van der Waals surface area contributed by atoms with Gasteiger partial charge in [0.15, 0.2) is 0 Å². The van der Waals surface area contributed by atoms with Crippen LogP contribution in [0.4, 0.5) is 10.7 Å². The molecular weight excluding hydrogens is 294 g/mol. The van der Waals surface area contributed by atoms with Crippen LogP contribution in [-0.4, -0.2) is 58.7 Å². The zero-order valence-electron chi connectivity index (χ0n) is 13.1. The van der Waals surface area contributed by atoms with Gasteiger partial charge in [-0.05, 0) is 25.1 Å². The summed E-state index contributed by atoms with van der Waals surface area (Å²) in [5.41, 5.74) is 1.62. The van der Waals surface area contributed by atoms with Crippen LogP contribution in [0.5, 0.6) is 0 Å². The van der Waals surface area contributed by atoms with Crippen LogP contribution in [0, 0.1) is 0 Å². The van der Waals surface area contributed by atoms with Gasteiger partial charge in [-0.1, -0.05) is 6.07 Å². The average Bonchev–Trinajstić information content (AvgIpc) is 2.63. The number of nitrogens with zero attached hydrogens (tertiary/aromatic N) is 5. The molecule has 0 bridgehead atoms. The highest BCUT2D eigenvalue weighted by atomic mass is 16.6. The van der Waals surface area contributed by atoms with Crippen molar-refractivity contribution in [1.29, 1.82) is 0 Å². The number of amides is 1. The third-order valence-corrected chi connectivity index (χ3v) is 3.66. The summed E-state index contributed by atoms with van der Waals surface area (Å²) in [7, 11) is 0. The lowest BCUT2D eigenvalue weighted by atomic mass is 10.2. The van der Waals surface area contributed by atoms with Gasteiger partial charge in [0, 0.05) is 38.6 Å². The lowest BCUT2D eigenvalue weighted by Gasteiger charge is -2.34. The van der Waals surface area contributed by atoms with Crippen molar-refractivity contribution in [1.82, 2.24) is 19.9 Å². The van der Waals surface area contributed by atoms with Gasteiger partial charge in [-0.25, -0.2) is 14.8 Å². The molecule has 3 rings (SSSR count). The number of ether oxygens (including phenoxy) is 1. The second kappa shape index (κ2) is 7.04. The minimum atomic E-state index is -0.254. The lowest BCUT2D eigenvalue weighted by molar-refractivity contribution is 0.105. The largest absolute Gasteiger partial charge is 0.450 e. The van der Waals surface area contributed by atoms with Crippen LogP contribution in [0.2, 0.25) is 0 Å². The Labute approximate surface area is 134 Å². The van der Waals surface area contributed by atoms with Crippen molar-refractivity contribution in [2.45, 2.75) is 6.92 Å². The minimum Gasteiger partial charge on any atom is -0.450 e. The fraction of sp³-hybridized carbons (Fsp3) is 0.375. The van der Waals surface area contributed by atoms with Crippen LogP contribution in [0.15, 0.2) is 36.7 Å². The van der Waals surface area contributed by atoms with Crippen LogP contribution in [0.1, 0.15) is 6.92 Å². The van der Waals surface area contributed by atoms with E-state index in [9.17, 15) is 4.79 Å². The Balaban J connectivity index is 1.68. The number of piperazine rings is 1. The molecule has 0 radical (unpaired) electrons. The van der Waals surface area contributed by atoms with Gasteiger partial charge in [-0.2, -0.15) is 0 Å². The molecule has 0 aliphatic carbocycles. The minimum absolute atomic E-state index is 0.254. The topological polar surface area (TPSA) is 71.5 Å². The summed E-state index contributed by atoms with van der Waals surface area (Å²) in [6.45, 7) is 4.79. The molecule has 1 aliphatic heterocycles. The predicted molar refractivity (Wildman–Crippen MR) is 86.1 cm³/mol. The molecule has 0 spiro atoms. The number of carbonyl (C=O) groups is 1. The summed E-state index contributed by atoms with van der Waals surface area (Å²) >= 11 is 0. The molecule has 2 aromatic rings. The van der Waals surface area contributed by atoms with Gasteiger partial charge in [-0.15, -0.1) is 0 Å². The number of pyridine rings is 1. The third-order valence-electron chi connectivity index (χ3n) is 3.66. The lowest BCUT2D eigenvalue weighted by Crippen LogP contribution is -2.49. The maximum absolute atomic E-state index is 11.7. The van der Waals surface area contributed by atoms with E-state index < -0.39 is 0 Å². The Morgan fingerprint density at radius 2 is 1.91 bits per heavy atom. The van der Waals surface area contributed by atoms with Crippen molar-refractivity contribution < 1.29 is 9.53 Å².